The van der Waals surface area contributed by atoms with Crippen LogP contribution in [0.25, 0.3) is 0 Å². The summed E-state index contributed by atoms with van der Waals surface area (Å²) < 4.78 is 53.9. The summed E-state index contributed by atoms with van der Waals surface area (Å²) in [5.74, 6) is -2.13. The SMILES string of the molecule is CC(=O)Nc1cc(S(=O)(=O)N(CC(C)C)C[C@H](c2ccccc2O)C(C)NC(=O)O[C@H]2CCOC2)ccc1F. The normalized spacial score (nSPS) is 17.2. The third-order valence-corrected chi connectivity index (χ3v) is 8.13. The molecule has 1 aliphatic heterocycles. The number of carbonyl (C=O) groups excluding carboxylic acids is 2. The molecule has 0 aliphatic carbocycles. The molecule has 1 unspecified atom stereocenters. The highest BCUT2D eigenvalue weighted by Crippen LogP contribution is 2.32. The molecular formula is C27H36FN3O7S. The molecule has 1 fully saturated rings. The highest BCUT2D eigenvalue weighted by molar-refractivity contribution is 7.89. The summed E-state index contributed by atoms with van der Waals surface area (Å²) in [4.78, 5) is 23.9. The lowest BCUT2D eigenvalue weighted by Gasteiger charge is -2.32. The van der Waals surface area contributed by atoms with Crippen LogP contribution in [0.15, 0.2) is 47.4 Å². The number of amides is 2. The van der Waals surface area contributed by atoms with Crippen molar-refractivity contribution in [2.75, 3.05) is 31.6 Å². The third kappa shape index (κ3) is 8.13. The number of aromatic hydroxyl groups is 1. The zero-order chi connectivity index (χ0) is 28.7. The molecule has 0 bridgehead atoms. The van der Waals surface area contributed by atoms with Gasteiger partial charge >= 0.3 is 6.09 Å². The number of sulfonamides is 1. The number of para-hydroxylation sites is 1. The smallest absolute Gasteiger partial charge is 0.407 e. The molecule has 3 rings (SSSR count). The fraction of sp³-hybridized carbons (Fsp3) is 0.481. The molecule has 0 aromatic heterocycles. The van der Waals surface area contributed by atoms with Crippen molar-refractivity contribution in [3.8, 4) is 5.75 Å². The number of ether oxygens (including phenoxy) is 2. The lowest BCUT2D eigenvalue weighted by Crippen LogP contribution is -2.45. The number of alkyl carbamates (subject to hydrolysis) is 1. The molecule has 1 aliphatic rings. The van der Waals surface area contributed by atoms with E-state index in [1.54, 1.807) is 25.1 Å². The van der Waals surface area contributed by atoms with Gasteiger partial charge in [0.1, 0.15) is 17.7 Å². The van der Waals surface area contributed by atoms with Crippen LogP contribution in [-0.4, -0.2) is 68.3 Å². The Hall–Kier alpha value is -3.22. The fourth-order valence-corrected chi connectivity index (χ4v) is 6.06. The predicted octanol–water partition coefficient (Wildman–Crippen LogP) is 3.82. The Labute approximate surface area is 228 Å². The van der Waals surface area contributed by atoms with Gasteiger partial charge in [0, 0.05) is 44.0 Å². The van der Waals surface area contributed by atoms with Gasteiger partial charge in [0.15, 0.2) is 0 Å². The molecule has 3 N–H and O–H groups in total. The molecule has 39 heavy (non-hydrogen) atoms. The van der Waals surface area contributed by atoms with Crippen LogP contribution in [0.5, 0.6) is 5.75 Å². The number of phenolic OH excluding ortho intramolecular Hbond substituents is 1. The molecule has 2 aromatic rings. The highest BCUT2D eigenvalue weighted by atomic mass is 32.2. The number of anilines is 1. The van der Waals surface area contributed by atoms with Crippen molar-refractivity contribution in [1.29, 1.82) is 0 Å². The van der Waals surface area contributed by atoms with Gasteiger partial charge in [-0.15, -0.1) is 0 Å². The first kappa shape index (κ1) is 30.3. The number of halogens is 1. The first-order chi connectivity index (χ1) is 18.4. The molecule has 2 aromatic carbocycles. The van der Waals surface area contributed by atoms with E-state index in [4.69, 9.17) is 9.47 Å². The van der Waals surface area contributed by atoms with Gasteiger partial charge in [0.05, 0.1) is 23.8 Å². The van der Waals surface area contributed by atoms with E-state index in [1.807, 2.05) is 13.8 Å². The van der Waals surface area contributed by atoms with E-state index >= 15 is 0 Å². The minimum absolute atomic E-state index is 0.0506. The lowest BCUT2D eigenvalue weighted by molar-refractivity contribution is -0.114. The van der Waals surface area contributed by atoms with Crippen molar-refractivity contribution in [2.24, 2.45) is 5.92 Å². The summed E-state index contributed by atoms with van der Waals surface area (Å²) in [6.07, 6.45) is -0.450. The maximum Gasteiger partial charge on any atom is 0.407 e. The van der Waals surface area contributed by atoms with Crippen molar-refractivity contribution < 1.29 is 37.0 Å². The highest BCUT2D eigenvalue weighted by Gasteiger charge is 2.33. The molecule has 214 valence electrons. The summed E-state index contributed by atoms with van der Waals surface area (Å²) in [6.45, 7) is 7.42. The summed E-state index contributed by atoms with van der Waals surface area (Å²) in [5, 5.41) is 15.7. The number of nitrogens with zero attached hydrogens (tertiary/aromatic N) is 1. The van der Waals surface area contributed by atoms with E-state index in [0.717, 1.165) is 18.2 Å². The molecular weight excluding hydrogens is 529 g/mol. The van der Waals surface area contributed by atoms with Crippen LogP contribution < -0.4 is 10.6 Å². The minimum atomic E-state index is -4.19. The van der Waals surface area contributed by atoms with E-state index in [1.165, 1.54) is 17.3 Å². The van der Waals surface area contributed by atoms with Crippen LogP contribution in [0.2, 0.25) is 0 Å². The fourth-order valence-electron chi connectivity index (χ4n) is 4.40. The monoisotopic (exact) mass is 565 g/mol. The average molecular weight is 566 g/mol. The van der Waals surface area contributed by atoms with E-state index in [0.29, 0.717) is 25.2 Å². The summed E-state index contributed by atoms with van der Waals surface area (Å²) in [6, 6.07) is 9.07. The van der Waals surface area contributed by atoms with Gasteiger partial charge in [-0.1, -0.05) is 32.0 Å². The Kier molecular flexibility index (Phi) is 10.3. The molecule has 1 saturated heterocycles. The van der Waals surface area contributed by atoms with Gasteiger partial charge in [-0.25, -0.2) is 17.6 Å². The maximum atomic E-state index is 14.3. The van der Waals surface area contributed by atoms with Gasteiger partial charge in [-0.05, 0) is 37.1 Å². The molecule has 1 heterocycles. The van der Waals surface area contributed by atoms with Gasteiger partial charge in [0.2, 0.25) is 15.9 Å². The molecule has 3 atom stereocenters. The first-order valence-corrected chi connectivity index (χ1v) is 14.2. The third-order valence-electron chi connectivity index (χ3n) is 6.30. The Morgan fingerprint density at radius 2 is 1.90 bits per heavy atom. The Morgan fingerprint density at radius 3 is 2.51 bits per heavy atom. The van der Waals surface area contributed by atoms with E-state index in [-0.39, 0.29) is 41.4 Å². The van der Waals surface area contributed by atoms with Gasteiger partial charge in [0.25, 0.3) is 0 Å². The number of carbonyl (C=O) groups is 2. The first-order valence-electron chi connectivity index (χ1n) is 12.8. The largest absolute Gasteiger partial charge is 0.508 e. The second-order valence-corrected chi connectivity index (χ2v) is 12.0. The second kappa shape index (κ2) is 13.2. The van der Waals surface area contributed by atoms with Crippen LogP contribution in [0.4, 0.5) is 14.9 Å². The molecule has 0 saturated carbocycles. The standard InChI is InChI=1S/C27H36FN3O7S/c1-17(2)14-31(39(35,36)21-9-10-24(28)25(13-21)30-19(4)32)15-23(22-7-5-6-8-26(22)33)18(3)29-27(34)38-20-11-12-37-16-20/h5-10,13,17-18,20,23,33H,11-12,14-16H2,1-4H3,(H,29,34)(H,30,32)/t18?,20-,23-/m0/s1. The Balaban J connectivity index is 1.95. The molecule has 2 amide bonds. The Bertz CT molecular complexity index is 1270. The number of benzene rings is 2. The zero-order valence-electron chi connectivity index (χ0n) is 22.5. The van der Waals surface area contributed by atoms with Crippen LogP contribution in [-0.2, 0) is 24.3 Å². The Morgan fingerprint density at radius 1 is 1.18 bits per heavy atom. The van der Waals surface area contributed by atoms with Crippen molar-refractivity contribution in [3.63, 3.8) is 0 Å². The molecule has 0 radical (unpaired) electrons. The van der Waals surface area contributed by atoms with E-state index in [9.17, 15) is 27.5 Å². The van der Waals surface area contributed by atoms with Gasteiger partial charge in [-0.2, -0.15) is 4.31 Å². The minimum Gasteiger partial charge on any atom is -0.508 e. The number of phenols is 1. The number of hydrogen-bond donors (Lipinski definition) is 3. The van der Waals surface area contributed by atoms with Crippen LogP contribution >= 0.6 is 0 Å². The quantitative estimate of drug-likeness (QED) is 0.377. The molecule has 10 nitrogen and oxygen atoms in total. The predicted molar refractivity (Wildman–Crippen MR) is 143 cm³/mol. The topological polar surface area (TPSA) is 134 Å². The van der Waals surface area contributed by atoms with Crippen molar-refractivity contribution >= 4 is 27.7 Å². The van der Waals surface area contributed by atoms with Gasteiger partial charge < -0.3 is 25.2 Å². The van der Waals surface area contributed by atoms with Crippen LogP contribution in [0, 0.1) is 11.7 Å². The zero-order valence-corrected chi connectivity index (χ0v) is 23.3. The molecule has 0 spiro atoms. The van der Waals surface area contributed by atoms with E-state index < -0.39 is 39.8 Å². The van der Waals surface area contributed by atoms with Crippen LogP contribution in [0.3, 0.4) is 0 Å². The van der Waals surface area contributed by atoms with Crippen molar-refractivity contribution in [2.45, 2.75) is 57.1 Å². The lowest BCUT2D eigenvalue weighted by atomic mass is 9.91. The second-order valence-electron chi connectivity index (χ2n) is 10.0. The number of nitrogens with one attached hydrogen (secondary N) is 2. The van der Waals surface area contributed by atoms with Crippen LogP contribution in [0.1, 0.15) is 45.6 Å². The van der Waals surface area contributed by atoms with Crippen molar-refractivity contribution in [1.82, 2.24) is 9.62 Å². The van der Waals surface area contributed by atoms with Gasteiger partial charge in [-0.3, -0.25) is 4.79 Å². The van der Waals surface area contributed by atoms with E-state index in [2.05, 4.69) is 10.6 Å². The summed E-state index contributed by atoms with van der Waals surface area (Å²) in [7, 11) is -4.19. The number of rotatable bonds is 11. The summed E-state index contributed by atoms with van der Waals surface area (Å²) >= 11 is 0. The molecule has 12 heteroatoms. The number of hydrogen-bond acceptors (Lipinski definition) is 7. The maximum absolute atomic E-state index is 14.3. The average Bonchev–Trinajstić information content (AvgIpc) is 3.35. The van der Waals surface area contributed by atoms with Crippen molar-refractivity contribution in [3.05, 3.63) is 53.8 Å². The summed E-state index contributed by atoms with van der Waals surface area (Å²) in [5.41, 5.74) is 0.190.